The van der Waals surface area contributed by atoms with Crippen molar-refractivity contribution in [1.82, 2.24) is 4.98 Å². The predicted molar refractivity (Wildman–Crippen MR) is 70.1 cm³/mol. The first-order valence-electron chi connectivity index (χ1n) is 5.52. The van der Waals surface area contributed by atoms with Gasteiger partial charge in [-0.2, -0.15) is 11.8 Å². The summed E-state index contributed by atoms with van der Waals surface area (Å²) in [5.41, 5.74) is 1.33. The third-order valence-corrected chi connectivity index (χ3v) is 4.54. The lowest BCUT2D eigenvalue weighted by Gasteiger charge is -2.07. The highest BCUT2D eigenvalue weighted by molar-refractivity contribution is 9.10. The van der Waals surface area contributed by atoms with Crippen molar-refractivity contribution in [2.45, 2.75) is 31.4 Å². The molecule has 0 atom stereocenters. The van der Waals surface area contributed by atoms with Crippen LogP contribution in [0.15, 0.2) is 22.9 Å². The topological polar surface area (TPSA) is 12.9 Å². The van der Waals surface area contributed by atoms with E-state index in [2.05, 4.69) is 38.7 Å². The molecule has 0 aromatic carbocycles. The lowest BCUT2D eigenvalue weighted by atomic mass is 10.1. The molecule has 1 heterocycles. The summed E-state index contributed by atoms with van der Waals surface area (Å²) in [6, 6.07) is 2.16. The zero-order valence-corrected chi connectivity index (χ0v) is 11.2. The van der Waals surface area contributed by atoms with Gasteiger partial charge in [0.2, 0.25) is 0 Å². The molecular weight excluding hydrogens is 270 g/mol. The van der Waals surface area contributed by atoms with Crippen LogP contribution in [0.5, 0.6) is 0 Å². The molecule has 0 saturated heterocycles. The molecule has 0 bridgehead atoms. The minimum Gasteiger partial charge on any atom is -0.263 e. The highest BCUT2D eigenvalue weighted by Gasteiger charge is 2.14. The van der Waals surface area contributed by atoms with E-state index in [0.29, 0.717) is 0 Å². The smallest absolute Gasteiger partial charge is 0.0410 e. The van der Waals surface area contributed by atoms with Crippen LogP contribution in [0.3, 0.4) is 0 Å². The molecule has 0 spiro atoms. The van der Waals surface area contributed by atoms with Gasteiger partial charge in [0.1, 0.15) is 0 Å². The van der Waals surface area contributed by atoms with Gasteiger partial charge < -0.3 is 0 Å². The average molecular weight is 286 g/mol. The van der Waals surface area contributed by atoms with E-state index in [0.717, 1.165) is 16.1 Å². The summed E-state index contributed by atoms with van der Waals surface area (Å²) < 4.78 is 1.08. The second kappa shape index (κ2) is 5.90. The summed E-state index contributed by atoms with van der Waals surface area (Å²) in [5.74, 6) is 3.41. The van der Waals surface area contributed by atoms with E-state index in [1.165, 1.54) is 37.0 Å². The molecule has 82 valence electrons. The number of hydrogen-bond acceptors (Lipinski definition) is 2. The fraction of sp³-hybridized carbons (Fsp3) is 0.583. The van der Waals surface area contributed by atoms with Gasteiger partial charge in [-0.3, -0.25) is 4.98 Å². The Hall–Kier alpha value is -0.0200. The Labute approximate surface area is 104 Å². The number of pyridine rings is 1. The maximum atomic E-state index is 4.17. The van der Waals surface area contributed by atoms with Crippen LogP contribution in [0.2, 0.25) is 0 Å². The normalized spacial score (nSPS) is 17.1. The maximum Gasteiger partial charge on any atom is 0.0410 e. The molecule has 0 radical (unpaired) electrons. The van der Waals surface area contributed by atoms with Gasteiger partial charge in [0, 0.05) is 22.6 Å². The van der Waals surface area contributed by atoms with Gasteiger partial charge in [-0.1, -0.05) is 12.8 Å². The summed E-state index contributed by atoms with van der Waals surface area (Å²) in [7, 11) is 0. The maximum absolute atomic E-state index is 4.17. The van der Waals surface area contributed by atoms with Gasteiger partial charge in [0.05, 0.1) is 0 Å². The molecule has 1 fully saturated rings. The van der Waals surface area contributed by atoms with Crippen LogP contribution in [0, 0.1) is 5.92 Å². The molecule has 3 heteroatoms. The van der Waals surface area contributed by atoms with E-state index >= 15 is 0 Å². The van der Waals surface area contributed by atoms with Crippen molar-refractivity contribution >= 4 is 27.7 Å². The fourth-order valence-electron chi connectivity index (χ4n) is 2.06. The number of halogens is 1. The predicted octanol–water partition coefficient (Wildman–Crippen LogP) is 4.27. The standard InChI is InChI=1S/C12H16BrNS/c13-12-5-11(6-14-7-12)9-15-8-10-3-1-2-4-10/h5-7,10H,1-4,8-9H2. The van der Waals surface area contributed by atoms with E-state index in [1.54, 1.807) is 0 Å². The van der Waals surface area contributed by atoms with Crippen molar-refractivity contribution in [2.24, 2.45) is 5.92 Å². The third-order valence-electron chi connectivity index (χ3n) is 2.86. The van der Waals surface area contributed by atoms with E-state index < -0.39 is 0 Å². The molecule has 1 aliphatic carbocycles. The Kier molecular flexibility index (Phi) is 4.51. The van der Waals surface area contributed by atoms with Crippen molar-refractivity contribution in [3.05, 3.63) is 28.5 Å². The second-order valence-electron chi connectivity index (χ2n) is 4.18. The Balaban J connectivity index is 1.73. The first kappa shape index (κ1) is 11.5. The molecule has 0 N–H and O–H groups in total. The molecule has 0 amide bonds. The zero-order valence-electron chi connectivity index (χ0n) is 8.79. The number of rotatable bonds is 4. The van der Waals surface area contributed by atoms with Crippen molar-refractivity contribution in [2.75, 3.05) is 5.75 Å². The average Bonchev–Trinajstić information content (AvgIpc) is 2.71. The van der Waals surface area contributed by atoms with Gasteiger partial charge in [-0.25, -0.2) is 0 Å². The largest absolute Gasteiger partial charge is 0.263 e. The molecule has 1 saturated carbocycles. The van der Waals surface area contributed by atoms with E-state index in [4.69, 9.17) is 0 Å². The van der Waals surface area contributed by atoms with Crippen molar-refractivity contribution in [1.29, 1.82) is 0 Å². The third kappa shape index (κ3) is 3.80. The van der Waals surface area contributed by atoms with Crippen LogP contribution in [0.4, 0.5) is 0 Å². The van der Waals surface area contributed by atoms with Crippen LogP contribution in [-0.4, -0.2) is 10.7 Å². The first-order chi connectivity index (χ1) is 7.34. The van der Waals surface area contributed by atoms with Crippen molar-refractivity contribution in [3.63, 3.8) is 0 Å². The van der Waals surface area contributed by atoms with Gasteiger partial charge in [0.15, 0.2) is 0 Å². The Morgan fingerprint density at radius 3 is 2.87 bits per heavy atom. The molecule has 2 rings (SSSR count). The number of thioether (sulfide) groups is 1. The summed E-state index contributed by atoms with van der Waals surface area (Å²) in [4.78, 5) is 4.17. The van der Waals surface area contributed by atoms with Crippen LogP contribution in [0.25, 0.3) is 0 Å². The first-order valence-corrected chi connectivity index (χ1v) is 7.46. The summed E-state index contributed by atoms with van der Waals surface area (Å²) in [5, 5.41) is 0. The summed E-state index contributed by atoms with van der Waals surface area (Å²) in [6.07, 6.45) is 9.60. The summed E-state index contributed by atoms with van der Waals surface area (Å²) >= 11 is 5.50. The van der Waals surface area contributed by atoms with Gasteiger partial charge >= 0.3 is 0 Å². The monoisotopic (exact) mass is 285 g/mol. The number of aromatic nitrogens is 1. The molecule has 15 heavy (non-hydrogen) atoms. The molecular formula is C12H16BrNS. The number of hydrogen-bond donors (Lipinski definition) is 0. The van der Waals surface area contributed by atoms with E-state index in [9.17, 15) is 0 Å². The van der Waals surface area contributed by atoms with Crippen molar-refractivity contribution < 1.29 is 0 Å². The highest BCUT2D eigenvalue weighted by Crippen LogP contribution is 2.29. The van der Waals surface area contributed by atoms with E-state index in [-0.39, 0.29) is 0 Å². The second-order valence-corrected chi connectivity index (χ2v) is 6.12. The fourth-order valence-corrected chi connectivity index (χ4v) is 3.65. The SMILES string of the molecule is Brc1cncc(CSCC2CCCC2)c1. The van der Waals surface area contributed by atoms with Crippen LogP contribution >= 0.6 is 27.7 Å². The Morgan fingerprint density at radius 1 is 1.33 bits per heavy atom. The molecule has 1 aromatic heterocycles. The molecule has 1 nitrogen and oxygen atoms in total. The van der Waals surface area contributed by atoms with Gasteiger partial charge in [0.25, 0.3) is 0 Å². The van der Waals surface area contributed by atoms with Gasteiger partial charge in [-0.05, 0) is 52.1 Å². The minimum atomic E-state index is 0.982. The Bertz CT molecular complexity index is 310. The molecule has 0 aliphatic heterocycles. The van der Waals surface area contributed by atoms with Crippen LogP contribution < -0.4 is 0 Å². The lowest BCUT2D eigenvalue weighted by Crippen LogP contribution is -1.97. The molecule has 0 unspecified atom stereocenters. The zero-order chi connectivity index (χ0) is 10.5. The van der Waals surface area contributed by atoms with Crippen LogP contribution in [0.1, 0.15) is 31.2 Å². The van der Waals surface area contributed by atoms with E-state index in [1.807, 2.05) is 12.4 Å². The van der Waals surface area contributed by atoms with Crippen molar-refractivity contribution in [3.8, 4) is 0 Å². The van der Waals surface area contributed by atoms with Crippen LogP contribution in [-0.2, 0) is 5.75 Å². The molecule has 1 aromatic rings. The quantitative estimate of drug-likeness (QED) is 0.820. The number of nitrogens with zero attached hydrogens (tertiary/aromatic N) is 1. The molecule has 1 aliphatic rings. The Morgan fingerprint density at radius 2 is 2.13 bits per heavy atom. The lowest BCUT2D eigenvalue weighted by molar-refractivity contribution is 0.623. The van der Waals surface area contributed by atoms with Gasteiger partial charge in [-0.15, -0.1) is 0 Å². The summed E-state index contributed by atoms with van der Waals surface area (Å²) in [6.45, 7) is 0. The minimum absolute atomic E-state index is 0.982. The highest BCUT2D eigenvalue weighted by atomic mass is 79.9.